The largest absolute Gasteiger partial charge is 0.416 e. The van der Waals surface area contributed by atoms with Crippen LogP contribution >= 0.6 is 0 Å². The molecule has 8 heteroatoms. The number of likely N-dealkylation sites (N-methyl/N-ethyl adjacent to an activating group) is 1. The van der Waals surface area contributed by atoms with Gasteiger partial charge in [0.1, 0.15) is 0 Å². The Kier molecular flexibility index (Phi) is 8.19. The van der Waals surface area contributed by atoms with Crippen LogP contribution in [-0.4, -0.2) is 67.4 Å². The average Bonchev–Trinajstić information content (AvgIpc) is 3.63. The van der Waals surface area contributed by atoms with Crippen LogP contribution in [0.1, 0.15) is 48.9 Å². The third-order valence-corrected chi connectivity index (χ3v) is 7.34. The van der Waals surface area contributed by atoms with E-state index in [0.29, 0.717) is 13.1 Å². The maximum absolute atomic E-state index is 13.6. The van der Waals surface area contributed by atoms with Crippen LogP contribution in [0.4, 0.5) is 18.9 Å². The lowest BCUT2D eigenvalue weighted by Crippen LogP contribution is -2.44. The topological polar surface area (TPSA) is 38.8 Å². The Bertz CT molecular complexity index is 1090. The molecule has 0 bridgehead atoms. The Morgan fingerprint density at radius 3 is 2.49 bits per heavy atom. The highest BCUT2D eigenvalue weighted by Crippen LogP contribution is 2.40. The van der Waals surface area contributed by atoms with E-state index in [1.807, 2.05) is 31.1 Å². The standard InChI is InChI=1S/C29H39F3N4O/c1-28(2)20-35(17-21-12-13-21)18-23-9-7-11-25(27(23)28)33-16-26(37)36(15-14-34(3)4)19-22-8-5-6-10-24(22)29(30,31)32/h5-11,21,33H,12-20H2,1-4H3. The molecule has 1 fully saturated rings. The number of rotatable bonds is 10. The number of carbonyl (C=O) groups is 1. The van der Waals surface area contributed by atoms with Crippen molar-refractivity contribution in [1.82, 2.24) is 14.7 Å². The normalized spacial score (nSPS) is 17.5. The molecule has 1 saturated carbocycles. The number of amides is 1. The zero-order chi connectivity index (χ0) is 26.8. The van der Waals surface area contributed by atoms with E-state index in [2.05, 4.69) is 30.1 Å². The number of halogens is 3. The Hall–Kier alpha value is -2.58. The molecule has 2 aromatic carbocycles. The maximum atomic E-state index is 13.6. The second-order valence-electron chi connectivity index (χ2n) is 11.5. The third kappa shape index (κ3) is 7.05. The van der Waals surface area contributed by atoms with Crippen LogP contribution in [0.25, 0.3) is 0 Å². The third-order valence-electron chi connectivity index (χ3n) is 7.34. The lowest BCUT2D eigenvalue weighted by molar-refractivity contribution is -0.139. The van der Waals surface area contributed by atoms with Crippen LogP contribution in [0.3, 0.4) is 0 Å². The zero-order valence-corrected chi connectivity index (χ0v) is 22.4. The van der Waals surface area contributed by atoms with E-state index in [-0.39, 0.29) is 30.0 Å². The Balaban J connectivity index is 1.50. The molecule has 1 heterocycles. The van der Waals surface area contributed by atoms with Crippen LogP contribution in [0, 0.1) is 5.92 Å². The molecule has 0 atom stereocenters. The number of anilines is 1. The van der Waals surface area contributed by atoms with Crippen LogP contribution in [-0.2, 0) is 29.5 Å². The summed E-state index contributed by atoms with van der Waals surface area (Å²) < 4.78 is 40.8. The van der Waals surface area contributed by atoms with Gasteiger partial charge >= 0.3 is 6.18 Å². The monoisotopic (exact) mass is 516 g/mol. The van der Waals surface area contributed by atoms with E-state index in [0.717, 1.165) is 37.3 Å². The van der Waals surface area contributed by atoms with Gasteiger partial charge in [-0.3, -0.25) is 9.69 Å². The highest BCUT2D eigenvalue weighted by atomic mass is 19.4. The smallest absolute Gasteiger partial charge is 0.376 e. The molecule has 0 radical (unpaired) electrons. The van der Waals surface area contributed by atoms with Crippen molar-refractivity contribution in [3.63, 3.8) is 0 Å². The van der Waals surface area contributed by atoms with Crippen molar-refractivity contribution in [2.45, 2.75) is 51.4 Å². The predicted molar refractivity (Wildman–Crippen MR) is 141 cm³/mol. The molecule has 5 nitrogen and oxygen atoms in total. The molecule has 0 unspecified atom stereocenters. The molecule has 1 N–H and O–H groups in total. The highest BCUT2D eigenvalue weighted by Gasteiger charge is 2.36. The van der Waals surface area contributed by atoms with E-state index < -0.39 is 11.7 Å². The lowest BCUT2D eigenvalue weighted by atomic mass is 9.77. The van der Waals surface area contributed by atoms with E-state index in [9.17, 15) is 18.0 Å². The number of hydrogen-bond donors (Lipinski definition) is 1. The summed E-state index contributed by atoms with van der Waals surface area (Å²) in [5.74, 6) is 0.604. The van der Waals surface area contributed by atoms with Gasteiger partial charge in [-0.2, -0.15) is 13.2 Å². The second-order valence-corrected chi connectivity index (χ2v) is 11.5. The first kappa shape index (κ1) is 27.5. The van der Waals surface area contributed by atoms with Gasteiger partial charge in [0.05, 0.1) is 12.1 Å². The number of alkyl halides is 3. The predicted octanol–water partition coefficient (Wildman–Crippen LogP) is 5.21. The number of fused-ring (bicyclic) bond motifs is 1. The zero-order valence-electron chi connectivity index (χ0n) is 22.4. The molecule has 2 aromatic rings. The Morgan fingerprint density at radius 2 is 1.81 bits per heavy atom. The molecule has 4 rings (SSSR count). The average molecular weight is 517 g/mol. The van der Waals surface area contributed by atoms with Crippen molar-refractivity contribution < 1.29 is 18.0 Å². The lowest BCUT2D eigenvalue weighted by Gasteiger charge is -2.41. The van der Waals surface area contributed by atoms with Gasteiger partial charge in [-0.05, 0) is 61.7 Å². The SMILES string of the molecule is CN(C)CCN(Cc1ccccc1C(F)(F)F)C(=O)CNc1cccc2c1C(C)(C)CN(CC1CC1)C2. The van der Waals surface area contributed by atoms with E-state index in [1.165, 1.54) is 41.0 Å². The summed E-state index contributed by atoms with van der Waals surface area (Å²) in [6.45, 7) is 8.34. The number of nitrogens with zero attached hydrogens (tertiary/aromatic N) is 3. The van der Waals surface area contributed by atoms with Gasteiger partial charge in [-0.1, -0.05) is 44.2 Å². The molecule has 0 aromatic heterocycles. The van der Waals surface area contributed by atoms with E-state index in [4.69, 9.17) is 0 Å². The fourth-order valence-electron chi connectivity index (χ4n) is 5.44. The summed E-state index contributed by atoms with van der Waals surface area (Å²) in [7, 11) is 3.77. The van der Waals surface area contributed by atoms with Gasteiger partial charge in [0, 0.05) is 50.4 Å². The van der Waals surface area contributed by atoms with Crippen LogP contribution in [0.5, 0.6) is 0 Å². The second kappa shape index (κ2) is 11.0. The number of hydrogen-bond acceptors (Lipinski definition) is 4. The van der Waals surface area contributed by atoms with Gasteiger partial charge in [0.25, 0.3) is 0 Å². The molecule has 2 aliphatic rings. The summed E-state index contributed by atoms with van der Waals surface area (Å²) >= 11 is 0. The fraction of sp³-hybridized carbons (Fsp3) is 0.552. The minimum absolute atomic E-state index is 0.0277. The van der Waals surface area contributed by atoms with E-state index >= 15 is 0 Å². The van der Waals surface area contributed by atoms with Crippen LogP contribution in [0.15, 0.2) is 42.5 Å². The van der Waals surface area contributed by atoms with Crippen molar-refractivity contribution in [2.75, 3.05) is 52.1 Å². The molecular formula is C29H39F3N4O. The van der Waals surface area contributed by atoms with Crippen molar-refractivity contribution in [2.24, 2.45) is 5.92 Å². The van der Waals surface area contributed by atoms with Gasteiger partial charge in [0.15, 0.2) is 0 Å². The Morgan fingerprint density at radius 1 is 1.08 bits per heavy atom. The molecule has 1 aliphatic heterocycles. The van der Waals surface area contributed by atoms with Crippen LogP contribution < -0.4 is 5.32 Å². The van der Waals surface area contributed by atoms with Crippen LogP contribution in [0.2, 0.25) is 0 Å². The van der Waals surface area contributed by atoms with Crippen molar-refractivity contribution >= 4 is 11.6 Å². The summed E-state index contributed by atoms with van der Waals surface area (Å²) in [6, 6.07) is 11.7. The molecule has 1 amide bonds. The molecule has 0 spiro atoms. The van der Waals surface area contributed by atoms with Gasteiger partial charge < -0.3 is 15.1 Å². The molecule has 1 aliphatic carbocycles. The Labute approximate surface area is 218 Å². The van der Waals surface area contributed by atoms with Gasteiger partial charge in [-0.25, -0.2) is 0 Å². The number of nitrogens with one attached hydrogen (secondary N) is 1. The summed E-state index contributed by atoms with van der Waals surface area (Å²) in [4.78, 5) is 19.3. The van der Waals surface area contributed by atoms with Crippen molar-refractivity contribution in [3.8, 4) is 0 Å². The van der Waals surface area contributed by atoms with Gasteiger partial charge in [-0.15, -0.1) is 0 Å². The van der Waals surface area contributed by atoms with Crippen molar-refractivity contribution in [1.29, 1.82) is 0 Å². The maximum Gasteiger partial charge on any atom is 0.416 e. The first-order valence-electron chi connectivity index (χ1n) is 13.1. The first-order chi connectivity index (χ1) is 17.4. The quantitative estimate of drug-likeness (QED) is 0.471. The van der Waals surface area contributed by atoms with E-state index in [1.54, 1.807) is 6.07 Å². The highest BCUT2D eigenvalue weighted by molar-refractivity contribution is 5.81. The minimum Gasteiger partial charge on any atom is -0.376 e. The van der Waals surface area contributed by atoms with Gasteiger partial charge in [0.2, 0.25) is 5.91 Å². The minimum atomic E-state index is -4.47. The molecule has 202 valence electrons. The number of benzene rings is 2. The first-order valence-corrected chi connectivity index (χ1v) is 13.1. The summed E-state index contributed by atoms with van der Waals surface area (Å²) in [5.41, 5.74) is 2.78. The molecule has 37 heavy (non-hydrogen) atoms. The fourth-order valence-corrected chi connectivity index (χ4v) is 5.44. The molecule has 0 saturated heterocycles. The van der Waals surface area contributed by atoms with Crippen molar-refractivity contribution in [3.05, 3.63) is 64.7 Å². The summed E-state index contributed by atoms with van der Waals surface area (Å²) in [5, 5.41) is 3.35. The molecular weight excluding hydrogens is 477 g/mol. The summed E-state index contributed by atoms with van der Waals surface area (Å²) in [6.07, 6.45) is -1.82. The number of carbonyl (C=O) groups excluding carboxylic acids is 1.